The van der Waals surface area contributed by atoms with Crippen LogP contribution < -0.4 is 0 Å². The molecule has 1 aliphatic carbocycles. The summed E-state index contributed by atoms with van der Waals surface area (Å²) in [6.07, 6.45) is 3.88. The Morgan fingerprint density at radius 1 is 1.31 bits per heavy atom. The van der Waals surface area contributed by atoms with E-state index in [9.17, 15) is 4.79 Å². The number of rotatable bonds is 3. The second kappa shape index (κ2) is 5.64. The Bertz CT molecular complexity index is 235. The minimum atomic E-state index is -0.0859. The zero-order chi connectivity index (χ0) is 11.4. The van der Waals surface area contributed by atoms with Gasteiger partial charge in [0.05, 0.1) is 25.7 Å². The molecule has 2 atom stereocenters. The first-order valence-electron chi connectivity index (χ1n) is 6.21. The van der Waals surface area contributed by atoms with Gasteiger partial charge in [0.25, 0.3) is 0 Å². The lowest BCUT2D eigenvalue weighted by atomic mass is 9.81. The van der Waals surface area contributed by atoms with Gasteiger partial charge in [-0.2, -0.15) is 0 Å². The van der Waals surface area contributed by atoms with E-state index in [-0.39, 0.29) is 18.2 Å². The molecule has 0 aromatic heterocycles. The Morgan fingerprint density at radius 2 is 2.06 bits per heavy atom. The molecule has 2 fully saturated rings. The van der Waals surface area contributed by atoms with Crippen molar-refractivity contribution in [2.75, 3.05) is 19.8 Å². The van der Waals surface area contributed by atoms with Crippen LogP contribution in [0.5, 0.6) is 0 Å². The quantitative estimate of drug-likeness (QED) is 0.690. The van der Waals surface area contributed by atoms with Crippen LogP contribution in [0.25, 0.3) is 0 Å². The highest BCUT2D eigenvalue weighted by molar-refractivity contribution is 5.72. The number of esters is 1. The molecule has 1 aliphatic heterocycles. The van der Waals surface area contributed by atoms with Crippen LogP contribution in [-0.4, -0.2) is 32.1 Å². The molecule has 0 bridgehead atoms. The molecule has 1 saturated heterocycles. The summed E-state index contributed by atoms with van der Waals surface area (Å²) >= 11 is 0. The number of carbonyl (C=O) groups excluding carboxylic acids is 1. The van der Waals surface area contributed by atoms with Crippen LogP contribution >= 0.6 is 0 Å². The Labute approximate surface area is 96.2 Å². The van der Waals surface area contributed by atoms with Gasteiger partial charge >= 0.3 is 5.97 Å². The molecule has 0 amide bonds. The molecular formula is C12H20O4. The SMILES string of the molecule is CCOC(=O)C1CCCC(C2OCCO2)C1. The molecule has 1 saturated carbocycles. The van der Waals surface area contributed by atoms with E-state index in [4.69, 9.17) is 14.2 Å². The first-order chi connectivity index (χ1) is 7.81. The van der Waals surface area contributed by atoms with Crippen LogP contribution in [0.15, 0.2) is 0 Å². The molecule has 4 nitrogen and oxygen atoms in total. The van der Waals surface area contributed by atoms with E-state index in [0.29, 0.717) is 25.7 Å². The largest absolute Gasteiger partial charge is 0.466 e. The van der Waals surface area contributed by atoms with Crippen molar-refractivity contribution < 1.29 is 19.0 Å². The van der Waals surface area contributed by atoms with Gasteiger partial charge in [0, 0.05) is 5.92 Å². The fraction of sp³-hybridized carbons (Fsp3) is 0.917. The molecule has 0 aromatic rings. The van der Waals surface area contributed by atoms with E-state index in [2.05, 4.69) is 0 Å². The molecule has 0 aromatic carbocycles. The third-order valence-electron chi connectivity index (χ3n) is 3.37. The normalized spacial score (nSPS) is 31.6. The Morgan fingerprint density at radius 3 is 2.75 bits per heavy atom. The van der Waals surface area contributed by atoms with Gasteiger partial charge in [-0.3, -0.25) is 4.79 Å². The number of hydrogen-bond donors (Lipinski definition) is 0. The van der Waals surface area contributed by atoms with Crippen LogP contribution in [-0.2, 0) is 19.0 Å². The number of hydrogen-bond acceptors (Lipinski definition) is 4. The topological polar surface area (TPSA) is 44.8 Å². The summed E-state index contributed by atoms with van der Waals surface area (Å²) in [4.78, 5) is 11.7. The lowest BCUT2D eigenvalue weighted by Gasteiger charge is -2.30. The smallest absolute Gasteiger partial charge is 0.308 e. The maximum atomic E-state index is 11.7. The van der Waals surface area contributed by atoms with Gasteiger partial charge in [-0.1, -0.05) is 6.42 Å². The van der Waals surface area contributed by atoms with Gasteiger partial charge in [-0.05, 0) is 26.2 Å². The fourth-order valence-corrected chi connectivity index (χ4v) is 2.60. The third kappa shape index (κ3) is 2.74. The van der Waals surface area contributed by atoms with Gasteiger partial charge in [0.1, 0.15) is 0 Å². The predicted molar refractivity (Wildman–Crippen MR) is 57.8 cm³/mol. The van der Waals surface area contributed by atoms with Crippen molar-refractivity contribution >= 4 is 5.97 Å². The second-order valence-corrected chi connectivity index (χ2v) is 4.49. The monoisotopic (exact) mass is 228 g/mol. The first kappa shape index (κ1) is 11.9. The standard InChI is InChI=1S/C12H20O4/c1-2-14-11(13)9-4-3-5-10(8-9)12-15-6-7-16-12/h9-10,12H,2-8H2,1H3. The van der Waals surface area contributed by atoms with E-state index in [0.717, 1.165) is 25.7 Å². The van der Waals surface area contributed by atoms with E-state index < -0.39 is 0 Å². The Kier molecular flexibility index (Phi) is 4.18. The average molecular weight is 228 g/mol. The van der Waals surface area contributed by atoms with Crippen molar-refractivity contribution in [2.45, 2.75) is 38.9 Å². The average Bonchev–Trinajstić information content (AvgIpc) is 2.83. The molecular weight excluding hydrogens is 208 g/mol. The molecule has 0 spiro atoms. The summed E-state index contributed by atoms with van der Waals surface area (Å²) in [7, 11) is 0. The van der Waals surface area contributed by atoms with Crippen molar-refractivity contribution in [1.82, 2.24) is 0 Å². The molecule has 2 aliphatic rings. The van der Waals surface area contributed by atoms with Crippen LogP contribution in [0, 0.1) is 11.8 Å². The molecule has 0 radical (unpaired) electrons. The van der Waals surface area contributed by atoms with Crippen LogP contribution in [0.4, 0.5) is 0 Å². The van der Waals surface area contributed by atoms with Crippen molar-refractivity contribution in [2.24, 2.45) is 11.8 Å². The molecule has 0 N–H and O–H groups in total. The zero-order valence-electron chi connectivity index (χ0n) is 9.81. The van der Waals surface area contributed by atoms with Crippen LogP contribution in [0.3, 0.4) is 0 Å². The van der Waals surface area contributed by atoms with Crippen molar-refractivity contribution in [1.29, 1.82) is 0 Å². The van der Waals surface area contributed by atoms with Gasteiger partial charge in [0.2, 0.25) is 0 Å². The highest BCUT2D eigenvalue weighted by atomic mass is 16.7. The Hall–Kier alpha value is -0.610. The number of carbonyl (C=O) groups is 1. The van der Waals surface area contributed by atoms with Gasteiger partial charge < -0.3 is 14.2 Å². The van der Waals surface area contributed by atoms with Gasteiger partial charge in [-0.15, -0.1) is 0 Å². The van der Waals surface area contributed by atoms with Crippen molar-refractivity contribution in [3.8, 4) is 0 Å². The minimum Gasteiger partial charge on any atom is -0.466 e. The third-order valence-corrected chi connectivity index (χ3v) is 3.37. The first-order valence-corrected chi connectivity index (χ1v) is 6.21. The summed E-state index contributed by atoms with van der Waals surface area (Å²) in [6.45, 7) is 3.69. The maximum Gasteiger partial charge on any atom is 0.308 e. The predicted octanol–water partition coefficient (Wildman–Crippen LogP) is 1.73. The van der Waals surface area contributed by atoms with E-state index in [1.165, 1.54) is 0 Å². The fourth-order valence-electron chi connectivity index (χ4n) is 2.60. The summed E-state index contributed by atoms with van der Waals surface area (Å²) in [5.41, 5.74) is 0. The molecule has 92 valence electrons. The molecule has 4 heteroatoms. The van der Waals surface area contributed by atoms with Crippen LogP contribution in [0.2, 0.25) is 0 Å². The highest BCUT2D eigenvalue weighted by Gasteiger charge is 2.35. The van der Waals surface area contributed by atoms with Crippen molar-refractivity contribution in [3.63, 3.8) is 0 Å². The van der Waals surface area contributed by atoms with Crippen LogP contribution in [0.1, 0.15) is 32.6 Å². The van der Waals surface area contributed by atoms with E-state index in [1.54, 1.807) is 0 Å². The number of ether oxygens (including phenoxy) is 3. The molecule has 16 heavy (non-hydrogen) atoms. The summed E-state index contributed by atoms with van der Waals surface area (Å²) < 4.78 is 16.1. The van der Waals surface area contributed by atoms with Crippen molar-refractivity contribution in [3.05, 3.63) is 0 Å². The maximum absolute atomic E-state index is 11.7. The molecule has 1 heterocycles. The van der Waals surface area contributed by atoms with E-state index in [1.807, 2.05) is 6.92 Å². The van der Waals surface area contributed by atoms with Gasteiger partial charge in [0.15, 0.2) is 6.29 Å². The van der Waals surface area contributed by atoms with E-state index >= 15 is 0 Å². The summed E-state index contributed by atoms with van der Waals surface area (Å²) in [6, 6.07) is 0. The molecule has 2 rings (SSSR count). The zero-order valence-corrected chi connectivity index (χ0v) is 9.81. The highest BCUT2D eigenvalue weighted by Crippen LogP contribution is 2.34. The lowest BCUT2D eigenvalue weighted by molar-refractivity contribution is -0.152. The minimum absolute atomic E-state index is 0.0477. The summed E-state index contributed by atoms with van der Waals surface area (Å²) in [5.74, 6) is 0.363. The van der Waals surface area contributed by atoms with Gasteiger partial charge in [-0.25, -0.2) is 0 Å². The summed E-state index contributed by atoms with van der Waals surface area (Å²) in [5, 5.41) is 0. The Balaban J connectivity index is 1.85. The lowest BCUT2D eigenvalue weighted by Crippen LogP contribution is -2.31. The second-order valence-electron chi connectivity index (χ2n) is 4.49. The molecule has 2 unspecified atom stereocenters.